The third-order valence-corrected chi connectivity index (χ3v) is 4.10. The molecule has 0 aliphatic carbocycles. The number of benzene rings is 1. The number of likely N-dealkylation sites (tertiary alicyclic amines) is 1. The number of carbonyl (C=O) groups excluding carboxylic acids is 1. The fraction of sp³-hybridized carbons (Fsp3) is 0.562. The summed E-state index contributed by atoms with van der Waals surface area (Å²) in [6, 6.07) is 5.60. The molecule has 0 radical (unpaired) electrons. The van der Waals surface area contributed by atoms with Crippen molar-refractivity contribution in [3.05, 3.63) is 23.8 Å². The van der Waals surface area contributed by atoms with Crippen LogP contribution < -0.4 is 10.5 Å². The van der Waals surface area contributed by atoms with Gasteiger partial charge in [-0.05, 0) is 37.5 Å². The molecule has 1 aromatic carbocycles. The topological polar surface area (TPSA) is 55.6 Å². The number of hydrogen-bond donors (Lipinski definition) is 1. The van der Waals surface area contributed by atoms with Gasteiger partial charge in [0.25, 0.3) is 5.91 Å². The van der Waals surface area contributed by atoms with Crippen molar-refractivity contribution >= 4 is 11.6 Å². The van der Waals surface area contributed by atoms with E-state index in [2.05, 4.69) is 6.92 Å². The van der Waals surface area contributed by atoms with Crippen LogP contribution in [-0.2, 0) is 0 Å². The Labute approximate surface area is 120 Å². The average molecular weight is 276 g/mol. The van der Waals surface area contributed by atoms with Gasteiger partial charge in [0.05, 0.1) is 12.7 Å². The van der Waals surface area contributed by atoms with Gasteiger partial charge in [-0.25, -0.2) is 0 Å². The summed E-state index contributed by atoms with van der Waals surface area (Å²) in [5.41, 5.74) is 7.06. The molecular formula is C16H24N2O2. The Balaban J connectivity index is 2.28. The van der Waals surface area contributed by atoms with Crippen LogP contribution in [0.1, 0.15) is 49.4 Å². The minimum absolute atomic E-state index is 0.0372. The minimum Gasteiger partial charge on any atom is -0.497 e. The quantitative estimate of drug-likeness (QED) is 0.863. The van der Waals surface area contributed by atoms with Crippen LogP contribution in [0.25, 0.3) is 0 Å². The molecule has 1 saturated heterocycles. The number of nitrogens with zero attached hydrogens (tertiary/aromatic N) is 1. The van der Waals surface area contributed by atoms with Crippen molar-refractivity contribution in [2.75, 3.05) is 19.4 Å². The van der Waals surface area contributed by atoms with Gasteiger partial charge in [-0.2, -0.15) is 0 Å². The number of methoxy groups -OCH3 is 1. The lowest BCUT2D eigenvalue weighted by Gasteiger charge is -2.29. The number of anilines is 1. The van der Waals surface area contributed by atoms with E-state index >= 15 is 0 Å². The first kappa shape index (κ1) is 14.7. The molecule has 2 rings (SSSR count). The van der Waals surface area contributed by atoms with Crippen LogP contribution in [0.15, 0.2) is 18.2 Å². The van der Waals surface area contributed by atoms with Crippen LogP contribution in [0.4, 0.5) is 5.69 Å². The lowest BCUT2D eigenvalue weighted by atomic mass is 10.1. The Morgan fingerprint density at radius 1 is 1.40 bits per heavy atom. The summed E-state index contributed by atoms with van der Waals surface area (Å²) in [6.07, 6.45) is 5.57. The van der Waals surface area contributed by atoms with E-state index in [1.165, 1.54) is 12.8 Å². The van der Waals surface area contributed by atoms with E-state index in [9.17, 15) is 4.79 Å². The van der Waals surface area contributed by atoms with Gasteiger partial charge in [-0.1, -0.05) is 19.8 Å². The lowest BCUT2D eigenvalue weighted by molar-refractivity contribution is 0.0679. The number of ether oxygens (including phenoxy) is 1. The Kier molecular flexibility index (Phi) is 4.88. The zero-order valence-electron chi connectivity index (χ0n) is 12.4. The molecule has 110 valence electrons. The van der Waals surface area contributed by atoms with Gasteiger partial charge in [-0.15, -0.1) is 0 Å². The molecule has 0 saturated carbocycles. The van der Waals surface area contributed by atoms with E-state index < -0.39 is 0 Å². The first-order valence-corrected chi connectivity index (χ1v) is 7.41. The average Bonchev–Trinajstić information content (AvgIpc) is 2.72. The van der Waals surface area contributed by atoms with E-state index in [4.69, 9.17) is 10.5 Å². The van der Waals surface area contributed by atoms with Gasteiger partial charge < -0.3 is 15.4 Å². The molecule has 1 unspecified atom stereocenters. The van der Waals surface area contributed by atoms with Gasteiger partial charge in [0.1, 0.15) is 5.75 Å². The summed E-state index contributed by atoms with van der Waals surface area (Å²) in [5, 5.41) is 0. The van der Waals surface area contributed by atoms with Gasteiger partial charge >= 0.3 is 0 Å². The summed E-state index contributed by atoms with van der Waals surface area (Å²) in [4.78, 5) is 14.8. The molecule has 4 nitrogen and oxygen atoms in total. The molecule has 2 N–H and O–H groups in total. The predicted molar refractivity (Wildman–Crippen MR) is 81.0 cm³/mol. The largest absolute Gasteiger partial charge is 0.497 e. The lowest BCUT2D eigenvalue weighted by Crippen LogP contribution is -2.40. The van der Waals surface area contributed by atoms with E-state index in [1.807, 2.05) is 4.90 Å². The molecule has 1 aromatic rings. The van der Waals surface area contributed by atoms with Crippen molar-refractivity contribution in [2.24, 2.45) is 0 Å². The monoisotopic (exact) mass is 276 g/mol. The fourth-order valence-electron chi connectivity index (χ4n) is 2.87. The van der Waals surface area contributed by atoms with Crippen molar-refractivity contribution in [2.45, 2.75) is 45.1 Å². The van der Waals surface area contributed by atoms with E-state index in [0.717, 1.165) is 25.8 Å². The molecule has 0 spiro atoms. The molecule has 0 aromatic heterocycles. The smallest absolute Gasteiger partial charge is 0.256 e. The number of nitrogen functional groups attached to an aromatic ring is 1. The number of carbonyl (C=O) groups is 1. The van der Waals surface area contributed by atoms with Crippen molar-refractivity contribution < 1.29 is 9.53 Å². The highest BCUT2D eigenvalue weighted by Crippen LogP contribution is 2.25. The van der Waals surface area contributed by atoms with E-state index in [1.54, 1.807) is 25.3 Å². The van der Waals surface area contributed by atoms with Crippen LogP contribution >= 0.6 is 0 Å². The Hall–Kier alpha value is -1.71. The molecular weight excluding hydrogens is 252 g/mol. The highest BCUT2D eigenvalue weighted by molar-refractivity contribution is 5.99. The SMILES string of the molecule is CCC1CCCCCN1C(=O)c1cc(OC)ccc1N. The standard InChI is InChI=1S/C16H24N2O2/c1-3-12-7-5-4-6-10-18(12)16(19)14-11-13(20-2)8-9-15(14)17/h8-9,11-12H,3-7,10,17H2,1-2H3. The number of hydrogen-bond acceptors (Lipinski definition) is 3. The predicted octanol–water partition coefficient (Wildman–Crippen LogP) is 3.07. The molecule has 1 amide bonds. The summed E-state index contributed by atoms with van der Waals surface area (Å²) >= 11 is 0. The molecule has 1 heterocycles. The summed E-state index contributed by atoms with van der Waals surface area (Å²) < 4.78 is 5.20. The summed E-state index contributed by atoms with van der Waals surface area (Å²) in [5.74, 6) is 0.709. The maximum Gasteiger partial charge on any atom is 0.256 e. The second-order valence-corrected chi connectivity index (χ2v) is 5.36. The molecule has 1 aliphatic heterocycles. The van der Waals surface area contributed by atoms with Crippen molar-refractivity contribution in [3.63, 3.8) is 0 Å². The minimum atomic E-state index is 0.0372. The third kappa shape index (κ3) is 3.06. The molecule has 1 atom stereocenters. The van der Waals surface area contributed by atoms with Crippen LogP contribution in [-0.4, -0.2) is 30.5 Å². The zero-order valence-corrected chi connectivity index (χ0v) is 12.4. The Bertz CT molecular complexity index is 474. The highest BCUT2D eigenvalue weighted by atomic mass is 16.5. The number of nitrogens with two attached hydrogens (primary N) is 1. The maximum absolute atomic E-state index is 12.8. The molecule has 0 bridgehead atoms. The van der Waals surface area contributed by atoms with Crippen LogP contribution in [0.5, 0.6) is 5.75 Å². The van der Waals surface area contributed by atoms with E-state index in [-0.39, 0.29) is 5.91 Å². The van der Waals surface area contributed by atoms with Gasteiger partial charge in [0, 0.05) is 18.3 Å². The zero-order chi connectivity index (χ0) is 14.5. The number of amides is 1. The van der Waals surface area contributed by atoms with Crippen molar-refractivity contribution in [1.29, 1.82) is 0 Å². The first-order valence-electron chi connectivity index (χ1n) is 7.41. The normalized spacial score (nSPS) is 19.5. The fourth-order valence-corrected chi connectivity index (χ4v) is 2.87. The Morgan fingerprint density at radius 2 is 2.20 bits per heavy atom. The van der Waals surface area contributed by atoms with Gasteiger partial charge in [0.2, 0.25) is 0 Å². The molecule has 20 heavy (non-hydrogen) atoms. The van der Waals surface area contributed by atoms with Crippen LogP contribution in [0.3, 0.4) is 0 Å². The van der Waals surface area contributed by atoms with Crippen LogP contribution in [0, 0.1) is 0 Å². The highest BCUT2D eigenvalue weighted by Gasteiger charge is 2.26. The second-order valence-electron chi connectivity index (χ2n) is 5.36. The van der Waals surface area contributed by atoms with Crippen molar-refractivity contribution in [3.8, 4) is 5.75 Å². The second kappa shape index (κ2) is 6.64. The summed E-state index contributed by atoms with van der Waals surface area (Å²) in [6.45, 7) is 2.97. The van der Waals surface area contributed by atoms with E-state index in [0.29, 0.717) is 23.0 Å². The summed E-state index contributed by atoms with van der Waals surface area (Å²) in [7, 11) is 1.60. The molecule has 1 fully saturated rings. The van der Waals surface area contributed by atoms with Crippen LogP contribution in [0.2, 0.25) is 0 Å². The first-order chi connectivity index (χ1) is 9.67. The number of rotatable bonds is 3. The maximum atomic E-state index is 12.8. The van der Waals surface area contributed by atoms with Crippen molar-refractivity contribution in [1.82, 2.24) is 4.90 Å². The third-order valence-electron chi connectivity index (χ3n) is 4.10. The molecule has 4 heteroatoms. The van der Waals surface area contributed by atoms with Gasteiger partial charge in [0.15, 0.2) is 0 Å². The molecule has 1 aliphatic rings. The Morgan fingerprint density at radius 3 is 2.90 bits per heavy atom. The van der Waals surface area contributed by atoms with Gasteiger partial charge in [-0.3, -0.25) is 4.79 Å².